The number of ether oxygens (including phenoxy) is 11. The number of methoxy groups -OCH3 is 1. The second-order valence-corrected chi connectivity index (χ2v) is 23.2. The first kappa shape index (κ1) is 45.2. The predicted octanol–water partition coefficient (Wildman–Crippen LogP) is 7.40. The minimum atomic E-state index is -2.15. The standard InChI is InChI=1S/C46H64O13Si/c1-44(2,3)60(9,10)52-28-34-36(57-45(4,5)56-34)38-39(59-46(6,7)58-38)41(47)55-43-40(50-26-30-21-23-32(48-8)24-22-30)37(49-25-29-17-13-11-14-18-29)35-33(53-43)27-51-42(54-35)31-19-15-12-16-20-31/h11-24,33-43,47H,25-28H2,1-10H3/t33-,34-,35-,36+,37+,38+,39-,40+,41?,42?,43+/m1/s1. The summed E-state index contributed by atoms with van der Waals surface area (Å²) >= 11 is 0. The van der Waals surface area contributed by atoms with Crippen molar-refractivity contribution in [3.63, 3.8) is 0 Å². The van der Waals surface area contributed by atoms with Gasteiger partial charge in [-0.2, -0.15) is 0 Å². The molecular formula is C46H64O13Si. The topological polar surface area (TPSA) is 131 Å². The van der Waals surface area contributed by atoms with Gasteiger partial charge in [-0.25, -0.2) is 0 Å². The highest BCUT2D eigenvalue weighted by Crippen LogP contribution is 2.43. The fraction of sp³-hybridized carbons (Fsp3) is 0.609. The number of aliphatic hydroxyl groups is 1. The lowest BCUT2D eigenvalue weighted by Gasteiger charge is -2.49. The lowest BCUT2D eigenvalue weighted by molar-refractivity contribution is -0.391. The van der Waals surface area contributed by atoms with Gasteiger partial charge in [-0.05, 0) is 69.1 Å². The quantitative estimate of drug-likeness (QED) is 0.121. The van der Waals surface area contributed by atoms with Crippen molar-refractivity contribution in [2.24, 2.45) is 0 Å². The van der Waals surface area contributed by atoms with E-state index in [2.05, 4.69) is 33.9 Å². The summed E-state index contributed by atoms with van der Waals surface area (Å²) in [6.07, 6.45) is -9.30. The van der Waals surface area contributed by atoms with Crippen molar-refractivity contribution in [3.8, 4) is 5.75 Å². The highest BCUT2D eigenvalue weighted by atomic mass is 28.4. The third-order valence-corrected chi connectivity index (χ3v) is 16.4. The van der Waals surface area contributed by atoms with Crippen LogP contribution in [0.5, 0.6) is 5.75 Å². The normalized spacial score (nSPS) is 32.0. The molecule has 13 nitrogen and oxygen atoms in total. The van der Waals surface area contributed by atoms with Crippen molar-refractivity contribution >= 4 is 8.32 Å². The SMILES string of the molecule is COc1ccc(CO[C@@H]2[C@H](OC(O)[C@@H]3OC(C)(C)O[C@H]3[C@H]3OC(C)(C)O[C@@H]3CO[Si](C)(C)C(C)(C)C)O[C@@H]3COC(c4ccccc4)O[C@H]3[C@@H]2OCc2ccccc2)cc1. The lowest BCUT2D eigenvalue weighted by Crippen LogP contribution is -2.64. The summed E-state index contributed by atoms with van der Waals surface area (Å²) in [6.45, 7) is 19.2. The van der Waals surface area contributed by atoms with Crippen LogP contribution in [0.4, 0.5) is 0 Å². The molecule has 11 atom stereocenters. The molecule has 4 saturated heterocycles. The number of benzene rings is 3. The summed E-state index contributed by atoms with van der Waals surface area (Å²) < 4.78 is 77.6. The lowest BCUT2D eigenvalue weighted by atomic mass is 9.96. The van der Waals surface area contributed by atoms with Gasteiger partial charge in [0.25, 0.3) is 0 Å². The molecule has 2 unspecified atom stereocenters. The van der Waals surface area contributed by atoms with Crippen molar-refractivity contribution in [3.05, 3.63) is 102 Å². The van der Waals surface area contributed by atoms with Gasteiger partial charge in [-0.15, -0.1) is 0 Å². The number of rotatable bonds is 15. The first-order valence-corrected chi connectivity index (χ1v) is 23.9. The smallest absolute Gasteiger partial charge is 0.192 e. The summed E-state index contributed by atoms with van der Waals surface area (Å²) in [5.41, 5.74) is 2.72. The third-order valence-electron chi connectivity index (χ3n) is 11.9. The summed E-state index contributed by atoms with van der Waals surface area (Å²) in [4.78, 5) is 0. The van der Waals surface area contributed by atoms with E-state index in [1.54, 1.807) is 21.0 Å². The number of hydrogen-bond acceptors (Lipinski definition) is 13. The molecule has 0 saturated carbocycles. The predicted molar refractivity (Wildman–Crippen MR) is 223 cm³/mol. The van der Waals surface area contributed by atoms with E-state index in [0.29, 0.717) is 0 Å². The molecule has 0 radical (unpaired) electrons. The summed E-state index contributed by atoms with van der Waals surface area (Å²) in [6, 6.07) is 27.2. The molecule has 0 spiro atoms. The Kier molecular flexibility index (Phi) is 13.9. The van der Waals surface area contributed by atoms with Gasteiger partial charge in [0.05, 0.1) is 33.5 Å². The van der Waals surface area contributed by atoms with Gasteiger partial charge in [0, 0.05) is 5.56 Å². The molecule has 4 fully saturated rings. The van der Waals surface area contributed by atoms with Crippen LogP contribution in [0, 0.1) is 0 Å². The van der Waals surface area contributed by atoms with Crippen molar-refractivity contribution in [1.82, 2.24) is 0 Å². The maximum absolute atomic E-state index is 12.2. The molecule has 4 aliphatic heterocycles. The van der Waals surface area contributed by atoms with Gasteiger partial charge in [0.15, 0.2) is 38.8 Å². The van der Waals surface area contributed by atoms with E-state index < -0.39 is 87.6 Å². The van der Waals surface area contributed by atoms with Crippen LogP contribution < -0.4 is 4.74 Å². The fourth-order valence-corrected chi connectivity index (χ4v) is 8.78. The van der Waals surface area contributed by atoms with Crippen molar-refractivity contribution in [2.75, 3.05) is 20.3 Å². The summed E-state index contributed by atoms with van der Waals surface area (Å²) in [7, 11) is -0.528. The summed E-state index contributed by atoms with van der Waals surface area (Å²) in [5, 5.41) is 12.2. The molecule has 3 aromatic rings. The molecule has 0 amide bonds. The third kappa shape index (κ3) is 10.7. The molecule has 1 N–H and O–H groups in total. The highest BCUT2D eigenvalue weighted by Gasteiger charge is 2.58. The maximum atomic E-state index is 12.2. The van der Waals surface area contributed by atoms with Gasteiger partial charge < -0.3 is 61.6 Å². The number of fused-ring (bicyclic) bond motifs is 1. The van der Waals surface area contributed by atoms with Gasteiger partial charge in [0.2, 0.25) is 0 Å². The van der Waals surface area contributed by atoms with Crippen LogP contribution in [-0.4, -0.2) is 107 Å². The van der Waals surface area contributed by atoms with E-state index in [0.717, 1.165) is 22.4 Å². The molecule has 4 heterocycles. The van der Waals surface area contributed by atoms with Crippen molar-refractivity contribution in [1.29, 1.82) is 0 Å². The molecule has 60 heavy (non-hydrogen) atoms. The van der Waals surface area contributed by atoms with E-state index in [1.807, 2.05) is 98.8 Å². The largest absolute Gasteiger partial charge is 0.497 e. The second-order valence-electron chi connectivity index (χ2n) is 18.4. The minimum absolute atomic E-state index is 0.0104. The Balaban J connectivity index is 1.17. The molecule has 0 aliphatic carbocycles. The summed E-state index contributed by atoms with van der Waals surface area (Å²) in [5.74, 6) is -1.31. The van der Waals surface area contributed by atoms with E-state index >= 15 is 0 Å². The van der Waals surface area contributed by atoms with E-state index in [4.69, 9.17) is 56.5 Å². The number of hydrogen-bond donors (Lipinski definition) is 1. The van der Waals surface area contributed by atoms with Crippen LogP contribution in [0.2, 0.25) is 18.1 Å². The van der Waals surface area contributed by atoms with Crippen molar-refractivity contribution < 1.29 is 61.6 Å². The van der Waals surface area contributed by atoms with Crippen LogP contribution in [-0.2, 0) is 65.0 Å². The first-order valence-electron chi connectivity index (χ1n) is 21.0. The molecule has 4 aliphatic rings. The Morgan fingerprint density at radius 1 is 0.733 bits per heavy atom. The monoisotopic (exact) mass is 852 g/mol. The van der Waals surface area contributed by atoms with Crippen LogP contribution in [0.3, 0.4) is 0 Å². The van der Waals surface area contributed by atoms with Crippen LogP contribution in [0.1, 0.15) is 71.4 Å². The van der Waals surface area contributed by atoms with Gasteiger partial charge in [-0.1, -0.05) is 93.6 Å². The van der Waals surface area contributed by atoms with Gasteiger partial charge in [-0.3, -0.25) is 0 Å². The Labute approximate surface area is 355 Å². The van der Waals surface area contributed by atoms with Gasteiger partial charge >= 0.3 is 0 Å². The van der Waals surface area contributed by atoms with E-state index in [1.165, 1.54) is 0 Å². The zero-order valence-electron chi connectivity index (χ0n) is 36.6. The fourth-order valence-electron chi connectivity index (χ4n) is 7.77. The highest BCUT2D eigenvalue weighted by molar-refractivity contribution is 6.74. The molecule has 7 rings (SSSR count). The Morgan fingerprint density at radius 2 is 1.33 bits per heavy atom. The molecular weight excluding hydrogens is 789 g/mol. The van der Waals surface area contributed by atoms with Crippen LogP contribution >= 0.6 is 0 Å². The zero-order valence-corrected chi connectivity index (χ0v) is 37.6. The Morgan fingerprint density at radius 3 is 1.98 bits per heavy atom. The molecule has 14 heteroatoms. The Hall–Kier alpha value is -2.80. The van der Waals surface area contributed by atoms with Gasteiger partial charge in [0.1, 0.15) is 54.6 Å². The van der Waals surface area contributed by atoms with Crippen LogP contribution in [0.15, 0.2) is 84.9 Å². The molecule has 3 aromatic carbocycles. The average Bonchev–Trinajstić information content (AvgIpc) is 3.72. The molecule has 0 aromatic heterocycles. The average molecular weight is 853 g/mol. The maximum Gasteiger partial charge on any atom is 0.192 e. The van der Waals surface area contributed by atoms with E-state index in [-0.39, 0.29) is 31.5 Å². The zero-order chi connectivity index (χ0) is 42.9. The van der Waals surface area contributed by atoms with E-state index in [9.17, 15) is 5.11 Å². The minimum Gasteiger partial charge on any atom is -0.497 e. The Bertz CT molecular complexity index is 1800. The molecule has 0 bridgehead atoms. The van der Waals surface area contributed by atoms with Crippen molar-refractivity contribution in [2.45, 2.75) is 159 Å². The molecule has 330 valence electrons. The number of aliphatic hydroxyl groups excluding tert-OH is 1. The second kappa shape index (κ2) is 18.5. The first-order chi connectivity index (χ1) is 28.4. The van der Waals surface area contributed by atoms with Crippen LogP contribution in [0.25, 0.3) is 0 Å².